The van der Waals surface area contributed by atoms with E-state index in [9.17, 15) is 18.0 Å². The molecule has 0 fully saturated rings. The molecule has 31 heavy (non-hydrogen) atoms. The van der Waals surface area contributed by atoms with Crippen molar-refractivity contribution in [1.29, 1.82) is 0 Å². The van der Waals surface area contributed by atoms with Crippen LogP contribution in [0.3, 0.4) is 0 Å². The molecule has 4 aromatic heterocycles. The fourth-order valence-electron chi connectivity index (χ4n) is 3.87. The topological polar surface area (TPSA) is 97.0 Å². The summed E-state index contributed by atoms with van der Waals surface area (Å²) < 4.78 is 42.8. The van der Waals surface area contributed by atoms with Crippen LogP contribution >= 0.6 is 11.6 Å². The highest BCUT2D eigenvalue weighted by Crippen LogP contribution is 2.37. The predicted octanol–water partition coefficient (Wildman–Crippen LogP) is 2.65. The van der Waals surface area contributed by atoms with Crippen molar-refractivity contribution in [2.45, 2.75) is 18.6 Å². The van der Waals surface area contributed by atoms with Gasteiger partial charge in [-0.1, -0.05) is 0 Å². The van der Waals surface area contributed by atoms with Gasteiger partial charge in [-0.25, -0.2) is 14.2 Å². The van der Waals surface area contributed by atoms with E-state index in [1.807, 2.05) is 0 Å². The van der Waals surface area contributed by atoms with Crippen LogP contribution in [-0.2, 0) is 19.6 Å². The van der Waals surface area contributed by atoms with Gasteiger partial charge in [-0.3, -0.25) is 4.79 Å². The summed E-state index contributed by atoms with van der Waals surface area (Å²) in [6.07, 6.45) is -1.14. The molecule has 0 aliphatic carbocycles. The van der Waals surface area contributed by atoms with Gasteiger partial charge in [0.05, 0.1) is 28.8 Å². The van der Waals surface area contributed by atoms with Gasteiger partial charge in [-0.2, -0.15) is 23.3 Å². The van der Waals surface area contributed by atoms with E-state index in [4.69, 9.17) is 11.6 Å². The first-order chi connectivity index (χ1) is 14.7. The number of hydrogen-bond donors (Lipinski definition) is 1. The fourth-order valence-corrected chi connectivity index (χ4v) is 4.06. The molecule has 0 saturated carbocycles. The van der Waals surface area contributed by atoms with Crippen LogP contribution in [0.4, 0.5) is 13.2 Å². The summed E-state index contributed by atoms with van der Waals surface area (Å²) in [6.45, 7) is 0.281. The number of alkyl halides is 3. The van der Waals surface area contributed by atoms with E-state index in [0.29, 0.717) is 12.1 Å². The maximum absolute atomic E-state index is 13.5. The zero-order chi connectivity index (χ0) is 21.9. The lowest BCUT2D eigenvalue weighted by molar-refractivity contribution is -0.136. The Hall–Kier alpha value is -3.41. The quantitative estimate of drug-likeness (QED) is 0.506. The standard InChI is InChI=1S/C18H14ClF3N8O/c1-28-15(25-17(19)27-28)16(31)29-6-4-10-13(24-8-23-10)14(29)11-7-12-9(18(20,21)22)3-2-5-30(12)26-11/h2-3,5,7-8,14H,4,6H2,1H3,(H,23,24)/t14-/m1/s1. The zero-order valence-corrected chi connectivity index (χ0v) is 16.7. The van der Waals surface area contributed by atoms with E-state index in [1.54, 1.807) is 0 Å². The monoisotopic (exact) mass is 450 g/mol. The fraction of sp³-hybridized carbons (Fsp3) is 0.278. The van der Waals surface area contributed by atoms with Crippen molar-refractivity contribution in [1.82, 2.24) is 39.2 Å². The minimum Gasteiger partial charge on any atom is -0.348 e. The van der Waals surface area contributed by atoms with Crippen LogP contribution in [0.2, 0.25) is 5.28 Å². The third-order valence-electron chi connectivity index (χ3n) is 5.22. The number of nitrogens with zero attached hydrogens (tertiary/aromatic N) is 7. The third-order valence-corrected chi connectivity index (χ3v) is 5.38. The van der Waals surface area contributed by atoms with Gasteiger partial charge >= 0.3 is 6.18 Å². The van der Waals surface area contributed by atoms with E-state index < -0.39 is 23.7 Å². The summed E-state index contributed by atoms with van der Waals surface area (Å²) in [5.41, 5.74) is 0.640. The highest BCUT2D eigenvalue weighted by atomic mass is 35.5. The highest BCUT2D eigenvalue weighted by molar-refractivity contribution is 6.28. The molecule has 9 nitrogen and oxygen atoms in total. The Bertz CT molecular complexity index is 1310. The Kier molecular flexibility index (Phi) is 4.29. The van der Waals surface area contributed by atoms with Gasteiger partial charge in [0.1, 0.15) is 6.04 Å². The molecule has 5 heterocycles. The van der Waals surface area contributed by atoms with Crippen LogP contribution in [0, 0.1) is 0 Å². The van der Waals surface area contributed by atoms with Gasteiger partial charge in [0.25, 0.3) is 5.91 Å². The van der Waals surface area contributed by atoms with Gasteiger partial charge in [-0.05, 0) is 29.8 Å². The number of amides is 1. The van der Waals surface area contributed by atoms with Crippen molar-refractivity contribution in [2.75, 3.05) is 6.54 Å². The Labute approximate surface area is 177 Å². The van der Waals surface area contributed by atoms with Crippen LogP contribution in [0.1, 0.15) is 39.3 Å². The molecule has 1 N–H and O–H groups in total. The number of nitrogens with one attached hydrogen (secondary N) is 1. The molecule has 0 radical (unpaired) electrons. The average molecular weight is 451 g/mol. The van der Waals surface area contributed by atoms with Gasteiger partial charge in [0.2, 0.25) is 11.1 Å². The lowest BCUT2D eigenvalue weighted by Crippen LogP contribution is -2.42. The third kappa shape index (κ3) is 3.14. The van der Waals surface area contributed by atoms with Crippen LogP contribution in [0.5, 0.6) is 0 Å². The lowest BCUT2D eigenvalue weighted by atomic mass is 9.99. The minimum atomic E-state index is -4.55. The van der Waals surface area contributed by atoms with E-state index >= 15 is 0 Å². The zero-order valence-electron chi connectivity index (χ0n) is 15.9. The molecule has 1 aliphatic heterocycles. The molecule has 160 valence electrons. The van der Waals surface area contributed by atoms with Gasteiger partial charge in [0, 0.05) is 31.9 Å². The van der Waals surface area contributed by atoms with Crippen molar-refractivity contribution in [3.63, 3.8) is 0 Å². The van der Waals surface area contributed by atoms with E-state index in [-0.39, 0.29) is 28.9 Å². The number of H-pyrrole nitrogens is 1. The summed E-state index contributed by atoms with van der Waals surface area (Å²) in [6, 6.07) is 2.80. The maximum Gasteiger partial charge on any atom is 0.418 e. The van der Waals surface area contributed by atoms with Crippen LogP contribution in [0.15, 0.2) is 30.7 Å². The Morgan fingerprint density at radius 3 is 2.84 bits per heavy atom. The molecule has 0 unspecified atom stereocenters. The molecule has 0 saturated heterocycles. The molecule has 1 atom stereocenters. The number of fused-ring (bicyclic) bond motifs is 2. The Morgan fingerprint density at radius 1 is 1.32 bits per heavy atom. The second-order valence-corrected chi connectivity index (χ2v) is 7.40. The second-order valence-electron chi connectivity index (χ2n) is 7.06. The lowest BCUT2D eigenvalue weighted by Gasteiger charge is -2.33. The number of rotatable bonds is 2. The summed E-state index contributed by atoms with van der Waals surface area (Å²) in [5, 5.41) is 8.15. The smallest absolute Gasteiger partial charge is 0.348 e. The summed E-state index contributed by atoms with van der Waals surface area (Å²) in [4.78, 5) is 26.1. The van der Waals surface area contributed by atoms with E-state index in [1.165, 1.54) is 41.3 Å². The molecular weight excluding hydrogens is 437 g/mol. The predicted molar refractivity (Wildman–Crippen MR) is 101 cm³/mol. The number of carbonyl (C=O) groups is 1. The summed E-state index contributed by atoms with van der Waals surface area (Å²) >= 11 is 5.83. The first-order valence-corrected chi connectivity index (χ1v) is 9.57. The number of carbonyl (C=O) groups excluding carboxylic acids is 1. The number of pyridine rings is 1. The molecule has 13 heteroatoms. The molecule has 0 spiro atoms. The number of halogens is 4. The van der Waals surface area contributed by atoms with E-state index in [2.05, 4.69) is 25.1 Å². The molecule has 1 aliphatic rings. The Balaban J connectivity index is 1.66. The molecule has 5 rings (SSSR count). The number of aromatic nitrogens is 7. The summed E-state index contributed by atoms with van der Waals surface area (Å²) in [7, 11) is 1.53. The average Bonchev–Trinajstić information content (AvgIpc) is 3.42. The molecule has 4 aromatic rings. The van der Waals surface area contributed by atoms with Crippen LogP contribution < -0.4 is 0 Å². The maximum atomic E-state index is 13.5. The first kappa shape index (κ1) is 19.5. The van der Waals surface area contributed by atoms with E-state index in [0.717, 1.165) is 16.3 Å². The normalized spacial score (nSPS) is 16.7. The first-order valence-electron chi connectivity index (χ1n) is 9.19. The Morgan fingerprint density at radius 2 is 2.13 bits per heavy atom. The van der Waals surface area contributed by atoms with Crippen molar-refractivity contribution in [3.8, 4) is 0 Å². The number of aromatic amines is 1. The van der Waals surface area contributed by atoms with Crippen molar-refractivity contribution in [3.05, 3.63) is 64.5 Å². The molecule has 1 amide bonds. The second kappa shape index (κ2) is 6.80. The number of hydrogen-bond acceptors (Lipinski definition) is 5. The van der Waals surface area contributed by atoms with Crippen LogP contribution in [0.25, 0.3) is 5.52 Å². The number of imidazole rings is 1. The van der Waals surface area contributed by atoms with Crippen molar-refractivity contribution < 1.29 is 18.0 Å². The molecular formula is C18H14ClF3N8O. The van der Waals surface area contributed by atoms with Gasteiger partial charge in [-0.15, -0.1) is 5.10 Å². The summed E-state index contributed by atoms with van der Waals surface area (Å²) in [5.74, 6) is -0.470. The molecule has 0 aromatic carbocycles. The molecule has 0 bridgehead atoms. The highest BCUT2D eigenvalue weighted by Gasteiger charge is 2.39. The number of aryl methyl sites for hydroxylation is 1. The largest absolute Gasteiger partial charge is 0.418 e. The van der Waals surface area contributed by atoms with Crippen molar-refractivity contribution in [2.24, 2.45) is 7.05 Å². The van der Waals surface area contributed by atoms with Gasteiger partial charge in [0.15, 0.2) is 0 Å². The van der Waals surface area contributed by atoms with Crippen LogP contribution in [-0.4, -0.2) is 51.7 Å². The minimum absolute atomic E-state index is 0.00808. The SMILES string of the molecule is Cn1nc(Cl)nc1C(=O)N1CCc2[nH]cnc2[C@H]1c1cc2c(C(F)(F)F)cccn2n1. The van der Waals surface area contributed by atoms with Gasteiger partial charge < -0.3 is 9.88 Å². The van der Waals surface area contributed by atoms with Crippen molar-refractivity contribution >= 4 is 23.0 Å².